The van der Waals surface area contributed by atoms with E-state index >= 15 is 0 Å². The first-order chi connectivity index (χ1) is 6.00. The van der Waals surface area contributed by atoms with Crippen LogP contribution in [0.2, 0.25) is 15.1 Å². The molecule has 1 rings (SSSR count). The van der Waals surface area contributed by atoms with E-state index < -0.39 is 0 Å². The fourth-order valence-electron chi connectivity index (χ4n) is 0.862. The van der Waals surface area contributed by atoms with Crippen LogP contribution in [0.5, 0.6) is 0 Å². The van der Waals surface area contributed by atoms with Gasteiger partial charge in [0.1, 0.15) is 0 Å². The lowest BCUT2D eigenvalue weighted by molar-refractivity contribution is -0.110. The van der Waals surface area contributed by atoms with Crippen LogP contribution >= 0.6 is 47.4 Å². The molecule has 0 heterocycles. The number of carbonyl (C=O) groups excluding carboxylic acids is 1. The van der Waals surface area contributed by atoms with E-state index in [0.29, 0.717) is 20.6 Å². The highest BCUT2D eigenvalue weighted by Crippen LogP contribution is 2.29. The summed E-state index contributed by atoms with van der Waals surface area (Å²) in [6.07, 6.45) is 0.152. The third kappa shape index (κ3) is 3.06. The molecule has 0 atom stereocenters. The Labute approximate surface area is 96.4 Å². The molecule has 0 amide bonds. The predicted molar refractivity (Wildman–Crippen MR) is 59.2 cm³/mol. The molecule has 0 aromatic heterocycles. The Morgan fingerprint density at radius 2 is 1.69 bits per heavy atom. The van der Waals surface area contributed by atoms with Crippen LogP contribution in [0.15, 0.2) is 12.1 Å². The van der Waals surface area contributed by atoms with Crippen molar-refractivity contribution >= 4 is 52.5 Å². The minimum absolute atomic E-state index is 0.152. The second kappa shape index (κ2) is 4.56. The zero-order chi connectivity index (χ0) is 10.0. The highest BCUT2D eigenvalue weighted by Gasteiger charge is 2.07. The number of halogens is 3. The molecule has 0 bridgehead atoms. The molecule has 0 aliphatic carbocycles. The summed E-state index contributed by atoms with van der Waals surface area (Å²) in [7, 11) is 0. The molecule has 0 unspecified atom stereocenters. The Balaban J connectivity index is 3.08. The Hall–Kier alpha value is 0.110. The molecule has 0 aliphatic rings. The van der Waals surface area contributed by atoms with Gasteiger partial charge in [-0.1, -0.05) is 34.8 Å². The second-order valence-electron chi connectivity index (χ2n) is 2.43. The molecular formula is C8H5Cl3OS. The molecule has 0 radical (unpaired) electrons. The molecule has 5 heteroatoms. The zero-order valence-electron chi connectivity index (χ0n) is 6.35. The van der Waals surface area contributed by atoms with E-state index in [2.05, 4.69) is 12.6 Å². The quantitative estimate of drug-likeness (QED) is 0.631. The first-order valence-corrected chi connectivity index (χ1v) is 4.94. The lowest BCUT2D eigenvalue weighted by atomic mass is 10.2. The van der Waals surface area contributed by atoms with E-state index in [4.69, 9.17) is 34.8 Å². The molecule has 13 heavy (non-hydrogen) atoms. The molecule has 0 fully saturated rings. The van der Waals surface area contributed by atoms with Crippen LogP contribution < -0.4 is 0 Å². The summed E-state index contributed by atoms with van der Waals surface area (Å²) in [6, 6.07) is 3.08. The Bertz CT molecular complexity index is 351. The molecule has 1 nitrogen and oxygen atoms in total. The van der Waals surface area contributed by atoms with Gasteiger partial charge in [-0.25, -0.2) is 0 Å². The van der Waals surface area contributed by atoms with Crippen LogP contribution in [-0.2, 0) is 11.2 Å². The van der Waals surface area contributed by atoms with Crippen molar-refractivity contribution in [3.8, 4) is 0 Å². The van der Waals surface area contributed by atoms with Crippen molar-refractivity contribution in [3.63, 3.8) is 0 Å². The van der Waals surface area contributed by atoms with E-state index in [-0.39, 0.29) is 11.5 Å². The maximum absolute atomic E-state index is 10.7. The van der Waals surface area contributed by atoms with Crippen molar-refractivity contribution < 1.29 is 4.79 Å². The van der Waals surface area contributed by atoms with Crippen molar-refractivity contribution in [1.29, 1.82) is 0 Å². The van der Waals surface area contributed by atoms with E-state index in [1.165, 1.54) is 6.07 Å². The highest BCUT2D eigenvalue weighted by molar-refractivity contribution is 7.96. The lowest BCUT2D eigenvalue weighted by Crippen LogP contribution is -1.94. The molecule has 70 valence electrons. The van der Waals surface area contributed by atoms with Crippen molar-refractivity contribution in [2.24, 2.45) is 0 Å². The summed E-state index contributed by atoms with van der Waals surface area (Å²) < 4.78 is 0. The van der Waals surface area contributed by atoms with Crippen molar-refractivity contribution in [1.82, 2.24) is 0 Å². The number of hydrogen-bond acceptors (Lipinski definition) is 1. The molecule has 0 N–H and O–H groups in total. The van der Waals surface area contributed by atoms with Crippen LogP contribution in [0.25, 0.3) is 0 Å². The molecule has 1 aromatic carbocycles. The monoisotopic (exact) mass is 254 g/mol. The van der Waals surface area contributed by atoms with Gasteiger partial charge in [0, 0.05) is 11.4 Å². The first-order valence-electron chi connectivity index (χ1n) is 3.36. The molecular weight excluding hydrogens is 251 g/mol. The van der Waals surface area contributed by atoms with Gasteiger partial charge in [0.2, 0.25) is 0 Å². The maximum atomic E-state index is 10.7. The van der Waals surface area contributed by atoms with Crippen molar-refractivity contribution in [2.75, 3.05) is 0 Å². The van der Waals surface area contributed by atoms with E-state index in [1.807, 2.05) is 0 Å². The fraction of sp³-hybridized carbons (Fsp3) is 0.125. The number of benzene rings is 1. The topological polar surface area (TPSA) is 17.1 Å². The molecule has 0 aliphatic heterocycles. The molecule has 1 aromatic rings. The smallest absolute Gasteiger partial charge is 0.190 e. The summed E-state index contributed by atoms with van der Waals surface area (Å²) >= 11 is 20.9. The summed E-state index contributed by atoms with van der Waals surface area (Å²) in [4.78, 5) is 10.7. The lowest BCUT2D eigenvalue weighted by Gasteiger charge is -2.03. The van der Waals surface area contributed by atoms with Gasteiger partial charge < -0.3 is 0 Å². The van der Waals surface area contributed by atoms with Gasteiger partial charge in [-0.15, -0.1) is 12.6 Å². The number of thiol groups is 1. The van der Waals surface area contributed by atoms with E-state index in [1.54, 1.807) is 6.07 Å². The SMILES string of the molecule is O=C(S)Cc1cc(Cl)c(Cl)cc1Cl. The number of hydrogen-bond donors (Lipinski definition) is 1. The third-order valence-electron chi connectivity index (χ3n) is 1.43. The van der Waals surface area contributed by atoms with Gasteiger partial charge in [0.25, 0.3) is 0 Å². The average Bonchev–Trinajstić information content (AvgIpc) is 1.99. The maximum Gasteiger partial charge on any atom is 0.190 e. The largest absolute Gasteiger partial charge is 0.287 e. The number of carbonyl (C=O) groups is 1. The minimum Gasteiger partial charge on any atom is -0.287 e. The Morgan fingerprint density at radius 3 is 2.23 bits per heavy atom. The van der Waals surface area contributed by atoms with Gasteiger partial charge in [0.15, 0.2) is 5.12 Å². The second-order valence-corrected chi connectivity index (χ2v) is 4.15. The third-order valence-corrected chi connectivity index (χ3v) is 2.66. The zero-order valence-corrected chi connectivity index (χ0v) is 9.51. The van der Waals surface area contributed by atoms with Crippen LogP contribution in [0.3, 0.4) is 0 Å². The van der Waals surface area contributed by atoms with Gasteiger partial charge >= 0.3 is 0 Å². The van der Waals surface area contributed by atoms with E-state index in [0.717, 1.165) is 0 Å². The molecule has 0 saturated carbocycles. The predicted octanol–water partition coefficient (Wildman–Crippen LogP) is 3.65. The highest BCUT2D eigenvalue weighted by atomic mass is 35.5. The van der Waals surface area contributed by atoms with Crippen LogP contribution in [0.4, 0.5) is 0 Å². The van der Waals surface area contributed by atoms with Gasteiger partial charge in [-0.2, -0.15) is 0 Å². The summed E-state index contributed by atoms with van der Waals surface area (Å²) in [5, 5.41) is 0.926. The molecule has 0 saturated heterocycles. The Morgan fingerprint density at radius 1 is 1.15 bits per heavy atom. The standard InChI is InChI=1S/C8H5Cl3OS/c9-5-3-7(11)6(10)1-4(5)2-8(12)13/h1,3H,2H2,(H,12,13). The van der Waals surface area contributed by atoms with Crippen LogP contribution in [-0.4, -0.2) is 5.12 Å². The van der Waals surface area contributed by atoms with E-state index in [9.17, 15) is 4.79 Å². The normalized spacial score (nSPS) is 10.2. The fourth-order valence-corrected chi connectivity index (χ4v) is 1.67. The molecule has 0 spiro atoms. The average molecular weight is 256 g/mol. The Kier molecular flexibility index (Phi) is 3.92. The van der Waals surface area contributed by atoms with Gasteiger partial charge in [-0.05, 0) is 17.7 Å². The van der Waals surface area contributed by atoms with Crippen LogP contribution in [0.1, 0.15) is 5.56 Å². The van der Waals surface area contributed by atoms with Crippen molar-refractivity contribution in [2.45, 2.75) is 6.42 Å². The summed E-state index contributed by atoms with van der Waals surface area (Å²) in [5.41, 5.74) is 0.635. The van der Waals surface area contributed by atoms with Gasteiger partial charge in [0.05, 0.1) is 10.0 Å². The summed E-state index contributed by atoms with van der Waals surface area (Å²) in [5.74, 6) is 0. The minimum atomic E-state index is -0.264. The number of rotatable bonds is 2. The van der Waals surface area contributed by atoms with Crippen LogP contribution in [0, 0.1) is 0 Å². The van der Waals surface area contributed by atoms with Crippen molar-refractivity contribution in [3.05, 3.63) is 32.8 Å². The van der Waals surface area contributed by atoms with Gasteiger partial charge in [-0.3, -0.25) is 4.79 Å². The first kappa shape index (κ1) is 11.2. The summed E-state index contributed by atoms with van der Waals surface area (Å²) in [6.45, 7) is 0.